The fourth-order valence-electron chi connectivity index (χ4n) is 1.51. The lowest BCUT2D eigenvalue weighted by molar-refractivity contribution is 0.182. The van der Waals surface area contributed by atoms with Crippen LogP contribution in [-0.4, -0.2) is 17.9 Å². The van der Waals surface area contributed by atoms with E-state index in [1.807, 2.05) is 30.0 Å². The van der Waals surface area contributed by atoms with Crippen molar-refractivity contribution in [3.63, 3.8) is 0 Å². The summed E-state index contributed by atoms with van der Waals surface area (Å²) in [5.41, 5.74) is 5.97. The summed E-state index contributed by atoms with van der Waals surface area (Å²) < 4.78 is 5.84. The molecule has 0 fully saturated rings. The van der Waals surface area contributed by atoms with Gasteiger partial charge < -0.3 is 10.5 Å². The summed E-state index contributed by atoms with van der Waals surface area (Å²) >= 11 is 1.84. The molecule has 0 spiro atoms. The van der Waals surface area contributed by atoms with Crippen LogP contribution < -0.4 is 10.5 Å². The first-order valence-electron chi connectivity index (χ1n) is 4.95. The molecule has 1 heterocycles. The van der Waals surface area contributed by atoms with E-state index in [1.54, 1.807) is 0 Å². The molecule has 0 amide bonds. The highest BCUT2D eigenvalue weighted by Gasteiger charge is 2.24. The van der Waals surface area contributed by atoms with Gasteiger partial charge in [-0.3, -0.25) is 0 Å². The predicted molar refractivity (Wildman–Crippen MR) is 59.8 cm³/mol. The summed E-state index contributed by atoms with van der Waals surface area (Å²) in [6.07, 6.45) is 1.13. The van der Waals surface area contributed by atoms with Crippen molar-refractivity contribution in [2.75, 3.05) is 5.75 Å². The van der Waals surface area contributed by atoms with Crippen LogP contribution in [0.3, 0.4) is 0 Å². The van der Waals surface area contributed by atoms with Crippen LogP contribution in [0.1, 0.15) is 13.3 Å². The van der Waals surface area contributed by atoms with Gasteiger partial charge in [-0.05, 0) is 18.6 Å². The number of nitrogens with two attached hydrogens (primary N) is 1. The van der Waals surface area contributed by atoms with E-state index >= 15 is 0 Å². The lowest BCUT2D eigenvalue weighted by atomic mass is 10.1. The molecule has 0 aliphatic carbocycles. The molecule has 2 nitrogen and oxygen atoms in total. The maximum absolute atomic E-state index is 5.97. The number of fused-ring (bicyclic) bond motifs is 1. The normalized spacial score (nSPS) is 22.3. The summed E-state index contributed by atoms with van der Waals surface area (Å²) in [5.74, 6) is 1.95. The Morgan fingerprint density at radius 1 is 1.57 bits per heavy atom. The highest BCUT2D eigenvalue weighted by atomic mass is 32.2. The number of thioether (sulfide) groups is 1. The van der Waals surface area contributed by atoms with Crippen molar-refractivity contribution in [2.24, 2.45) is 5.73 Å². The van der Waals surface area contributed by atoms with Crippen LogP contribution in [0.5, 0.6) is 5.75 Å². The Balaban J connectivity index is 2.13. The van der Waals surface area contributed by atoms with Gasteiger partial charge in [0, 0.05) is 16.7 Å². The monoisotopic (exact) mass is 209 g/mol. The third-order valence-corrected chi connectivity index (χ3v) is 3.62. The SMILES string of the molecule is CC[C@@H](N)C1CSc2ccccc2O1. The Bertz CT molecular complexity index is 316. The van der Waals surface area contributed by atoms with Crippen molar-refractivity contribution in [1.29, 1.82) is 0 Å². The average Bonchev–Trinajstić information content (AvgIpc) is 2.27. The van der Waals surface area contributed by atoms with E-state index in [0.717, 1.165) is 17.9 Å². The van der Waals surface area contributed by atoms with E-state index in [1.165, 1.54) is 4.90 Å². The zero-order valence-corrected chi connectivity index (χ0v) is 9.09. The molecule has 14 heavy (non-hydrogen) atoms. The Hall–Kier alpha value is -0.670. The number of benzene rings is 1. The Morgan fingerprint density at radius 2 is 2.36 bits per heavy atom. The third-order valence-electron chi connectivity index (χ3n) is 2.48. The molecular weight excluding hydrogens is 194 g/mol. The summed E-state index contributed by atoms with van der Waals surface area (Å²) in [7, 11) is 0. The Labute approximate surface area is 88.8 Å². The summed E-state index contributed by atoms with van der Waals surface area (Å²) in [5, 5.41) is 0. The zero-order valence-electron chi connectivity index (χ0n) is 8.27. The maximum Gasteiger partial charge on any atom is 0.133 e. The molecule has 0 saturated carbocycles. The smallest absolute Gasteiger partial charge is 0.133 e. The van der Waals surface area contributed by atoms with Crippen LogP contribution in [-0.2, 0) is 0 Å². The highest BCUT2D eigenvalue weighted by molar-refractivity contribution is 7.99. The first kappa shape index (κ1) is 9.87. The number of para-hydroxylation sites is 1. The number of hydrogen-bond acceptors (Lipinski definition) is 3. The molecule has 1 aliphatic heterocycles. The first-order chi connectivity index (χ1) is 6.81. The fourth-order valence-corrected chi connectivity index (χ4v) is 2.60. The van der Waals surface area contributed by atoms with Gasteiger partial charge in [0.15, 0.2) is 0 Å². The molecule has 2 rings (SSSR count). The second-order valence-corrected chi connectivity index (χ2v) is 4.55. The molecule has 0 bridgehead atoms. The van der Waals surface area contributed by atoms with Gasteiger partial charge in [-0.1, -0.05) is 19.1 Å². The topological polar surface area (TPSA) is 35.2 Å². The van der Waals surface area contributed by atoms with Crippen molar-refractivity contribution in [3.05, 3.63) is 24.3 Å². The van der Waals surface area contributed by atoms with E-state index in [4.69, 9.17) is 10.5 Å². The van der Waals surface area contributed by atoms with E-state index in [0.29, 0.717) is 0 Å². The summed E-state index contributed by atoms with van der Waals surface area (Å²) in [4.78, 5) is 1.23. The summed E-state index contributed by atoms with van der Waals surface area (Å²) in [6.45, 7) is 2.10. The van der Waals surface area contributed by atoms with Crippen LogP contribution in [0.4, 0.5) is 0 Å². The molecule has 1 aliphatic rings. The minimum absolute atomic E-state index is 0.149. The number of ether oxygens (including phenoxy) is 1. The Morgan fingerprint density at radius 3 is 3.14 bits per heavy atom. The van der Waals surface area contributed by atoms with Crippen molar-refractivity contribution < 1.29 is 4.74 Å². The van der Waals surface area contributed by atoms with Gasteiger partial charge in [-0.25, -0.2) is 0 Å². The van der Waals surface area contributed by atoms with E-state index in [2.05, 4.69) is 13.0 Å². The molecule has 1 unspecified atom stereocenters. The standard InChI is InChI=1S/C11H15NOS/c1-2-8(12)10-7-14-11-6-4-3-5-9(11)13-10/h3-6,8,10H,2,7,12H2,1H3/t8-,10?/m1/s1. The van der Waals surface area contributed by atoms with Crippen molar-refractivity contribution in [1.82, 2.24) is 0 Å². The van der Waals surface area contributed by atoms with Crippen LogP contribution in [0.15, 0.2) is 29.2 Å². The first-order valence-corrected chi connectivity index (χ1v) is 5.94. The highest BCUT2D eigenvalue weighted by Crippen LogP contribution is 2.35. The maximum atomic E-state index is 5.97. The van der Waals surface area contributed by atoms with Gasteiger partial charge in [0.2, 0.25) is 0 Å². The van der Waals surface area contributed by atoms with Gasteiger partial charge in [-0.15, -0.1) is 11.8 Å². The molecule has 1 aromatic carbocycles. The third kappa shape index (κ3) is 1.88. The van der Waals surface area contributed by atoms with E-state index in [9.17, 15) is 0 Å². The van der Waals surface area contributed by atoms with Gasteiger partial charge in [-0.2, -0.15) is 0 Å². The molecule has 1 aromatic rings. The summed E-state index contributed by atoms with van der Waals surface area (Å²) in [6, 6.07) is 8.29. The Kier molecular flexibility index (Phi) is 2.99. The minimum Gasteiger partial charge on any atom is -0.487 e. The molecule has 3 heteroatoms. The van der Waals surface area contributed by atoms with Gasteiger partial charge in [0.1, 0.15) is 11.9 Å². The van der Waals surface area contributed by atoms with Crippen LogP contribution in [0, 0.1) is 0 Å². The fraction of sp³-hybridized carbons (Fsp3) is 0.455. The van der Waals surface area contributed by atoms with Gasteiger partial charge in [0.05, 0.1) is 0 Å². The lowest BCUT2D eigenvalue weighted by Crippen LogP contribution is -2.41. The van der Waals surface area contributed by atoms with Crippen molar-refractivity contribution >= 4 is 11.8 Å². The second kappa shape index (κ2) is 4.24. The molecule has 2 N–H and O–H groups in total. The molecule has 0 radical (unpaired) electrons. The quantitative estimate of drug-likeness (QED) is 0.811. The second-order valence-electron chi connectivity index (χ2n) is 3.49. The van der Waals surface area contributed by atoms with Crippen molar-refractivity contribution in [3.8, 4) is 5.75 Å². The predicted octanol–water partition coefficient (Wildman–Crippen LogP) is 2.28. The number of rotatable bonds is 2. The molecule has 0 saturated heterocycles. The molecular formula is C11H15NOS. The van der Waals surface area contributed by atoms with Crippen molar-refractivity contribution in [2.45, 2.75) is 30.4 Å². The minimum atomic E-state index is 0.149. The largest absolute Gasteiger partial charge is 0.487 e. The van der Waals surface area contributed by atoms with Crippen LogP contribution in [0.2, 0.25) is 0 Å². The van der Waals surface area contributed by atoms with E-state index in [-0.39, 0.29) is 12.1 Å². The molecule has 0 aromatic heterocycles. The van der Waals surface area contributed by atoms with Crippen LogP contribution in [0.25, 0.3) is 0 Å². The molecule has 76 valence electrons. The molecule has 2 atom stereocenters. The zero-order chi connectivity index (χ0) is 9.97. The van der Waals surface area contributed by atoms with Crippen LogP contribution >= 0.6 is 11.8 Å². The number of hydrogen-bond donors (Lipinski definition) is 1. The average molecular weight is 209 g/mol. The van der Waals surface area contributed by atoms with Gasteiger partial charge >= 0.3 is 0 Å². The van der Waals surface area contributed by atoms with E-state index < -0.39 is 0 Å². The lowest BCUT2D eigenvalue weighted by Gasteiger charge is -2.29. The van der Waals surface area contributed by atoms with Gasteiger partial charge in [0.25, 0.3) is 0 Å².